The number of piperidine rings is 1. The summed E-state index contributed by atoms with van der Waals surface area (Å²) in [4.78, 5) is 2.39. The van der Waals surface area contributed by atoms with E-state index < -0.39 is 0 Å². The third kappa shape index (κ3) is 4.97. The Morgan fingerprint density at radius 1 is 1.39 bits per heavy atom. The fraction of sp³-hybridized carbons (Fsp3) is 0.529. The van der Waals surface area contributed by atoms with Crippen LogP contribution in [-0.4, -0.2) is 41.0 Å². The number of hydrogen-bond acceptors (Lipinski definition) is 6. The van der Waals surface area contributed by atoms with E-state index in [0.717, 1.165) is 18.0 Å². The van der Waals surface area contributed by atoms with Crippen molar-refractivity contribution in [2.45, 2.75) is 31.6 Å². The first-order chi connectivity index (χ1) is 11.2. The van der Waals surface area contributed by atoms with Crippen molar-refractivity contribution in [3.05, 3.63) is 35.7 Å². The zero-order valence-corrected chi connectivity index (χ0v) is 14.5. The van der Waals surface area contributed by atoms with Crippen LogP contribution in [0.1, 0.15) is 24.3 Å². The van der Waals surface area contributed by atoms with E-state index in [1.54, 1.807) is 11.8 Å². The number of likely N-dealkylation sites (tertiary alicyclic amines) is 1. The van der Waals surface area contributed by atoms with Crippen molar-refractivity contribution in [2.24, 2.45) is 5.92 Å². The molecule has 2 aromatic rings. The molecular formula is C17H23N3O2S. The first-order valence-corrected chi connectivity index (χ1v) is 9.01. The van der Waals surface area contributed by atoms with Gasteiger partial charge in [-0.1, -0.05) is 23.9 Å². The van der Waals surface area contributed by atoms with E-state index in [1.807, 2.05) is 31.2 Å². The van der Waals surface area contributed by atoms with E-state index in [4.69, 9.17) is 9.15 Å². The third-order valence-electron chi connectivity index (χ3n) is 3.96. The molecule has 0 bridgehead atoms. The Kier molecular flexibility index (Phi) is 5.56. The maximum absolute atomic E-state index is 5.68. The van der Waals surface area contributed by atoms with Gasteiger partial charge in [-0.2, -0.15) is 0 Å². The van der Waals surface area contributed by atoms with Crippen LogP contribution in [0, 0.1) is 12.8 Å². The van der Waals surface area contributed by atoms with Gasteiger partial charge in [-0.15, -0.1) is 10.2 Å². The van der Waals surface area contributed by atoms with Crippen molar-refractivity contribution in [1.29, 1.82) is 0 Å². The largest absolute Gasteiger partial charge is 0.484 e. The number of aromatic nitrogens is 2. The third-order valence-corrected chi connectivity index (χ3v) is 5.01. The standard InChI is InChI=1S/C17H23N3O2S/c1-13-5-3-7-15(9-13)21-11-16-18-19-17(22-16)23-12-14-6-4-8-20(2)10-14/h3,5,7,9,14H,4,6,8,10-12H2,1-2H3/t14-/m1/s1. The zero-order chi connectivity index (χ0) is 16.1. The average molecular weight is 333 g/mol. The van der Waals surface area contributed by atoms with Gasteiger partial charge in [0, 0.05) is 12.3 Å². The smallest absolute Gasteiger partial charge is 0.276 e. The Labute approximate surface area is 141 Å². The van der Waals surface area contributed by atoms with E-state index in [1.165, 1.54) is 24.9 Å². The van der Waals surface area contributed by atoms with Gasteiger partial charge in [0.1, 0.15) is 5.75 Å². The molecule has 23 heavy (non-hydrogen) atoms. The van der Waals surface area contributed by atoms with Crippen LogP contribution < -0.4 is 4.74 Å². The minimum absolute atomic E-state index is 0.309. The second kappa shape index (κ2) is 7.84. The van der Waals surface area contributed by atoms with Gasteiger partial charge >= 0.3 is 0 Å². The van der Waals surface area contributed by atoms with Gasteiger partial charge in [-0.25, -0.2) is 0 Å². The Balaban J connectivity index is 1.46. The molecule has 0 spiro atoms. The molecule has 5 nitrogen and oxygen atoms in total. The quantitative estimate of drug-likeness (QED) is 0.755. The van der Waals surface area contributed by atoms with Crippen LogP contribution in [0.15, 0.2) is 33.9 Å². The van der Waals surface area contributed by atoms with E-state index in [2.05, 4.69) is 22.1 Å². The molecule has 0 amide bonds. The molecular weight excluding hydrogens is 310 g/mol. The van der Waals surface area contributed by atoms with Crippen LogP contribution in [0.4, 0.5) is 0 Å². The summed E-state index contributed by atoms with van der Waals surface area (Å²) < 4.78 is 11.3. The minimum Gasteiger partial charge on any atom is -0.484 e. The van der Waals surface area contributed by atoms with Crippen LogP contribution in [0.25, 0.3) is 0 Å². The molecule has 1 atom stereocenters. The monoisotopic (exact) mass is 333 g/mol. The molecule has 1 aliphatic rings. The summed E-state index contributed by atoms with van der Waals surface area (Å²) in [7, 11) is 2.18. The summed E-state index contributed by atoms with van der Waals surface area (Å²) >= 11 is 1.65. The molecule has 2 heterocycles. The molecule has 0 saturated carbocycles. The molecule has 1 aromatic carbocycles. The molecule has 0 unspecified atom stereocenters. The fourth-order valence-electron chi connectivity index (χ4n) is 2.80. The van der Waals surface area contributed by atoms with Crippen molar-refractivity contribution in [3.63, 3.8) is 0 Å². The second-order valence-corrected chi connectivity index (χ2v) is 7.12. The normalized spacial score (nSPS) is 19.0. The van der Waals surface area contributed by atoms with E-state index >= 15 is 0 Å². The minimum atomic E-state index is 0.309. The fourth-order valence-corrected chi connectivity index (χ4v) is 3.71. The number of ether oxygens (including phenoxy) is 1. The lowest BCUT2D eigenvalue weighted by molar-refractivity contribution is 0.224. The highest BCUT2D eigenvalue weighted by Gasteiger charge is 2.18. The first kappa shape index (κ1) is 16.3. The molecule has 1 fully saturated rings. The predicted molar refractivity (Wildman–Crippen MR) is 90.8 cm³/mol. The second-order valence-electron chi connectivity index (χ2n) is 6.15. The highest BCUT2D eigenvalue weighted by atomic mass is 32.2. The highest BCUT2D eigenvalue weighted by molar-refractivity contribution is 7.99. The molecule has 124 valence electrons. The van der Waals surface area contributed by atoms with Crippen LogP contribution >= 0.6 is 11.8 Å². The maximum atomic E-state index is 5.68. The number of nitrogens with zero attached hydrogens (tertiary/aromatic N) is 3. The number of thioether (sulfide) groups is 1. The molecule has 1 aliphatic heterocycles. The summed E-state index contributed by atoms with van der Waals surface area (Å²) in [6, 6.07) is 7.93. The van der Waals surface area contributed by atoms with Gasteiger partial charge in [-0.3, -0.25) is 0 Å². The zero-order valence-electron chi connectivity index (χ0n) is 13.7. The van der Waals surface area contributed by atoms with Gasteiger partial charge in [0.05, 0.1) is 0 Å². The van der Waals surface area contributed by atoms with E-state index in [9.17, 15) is 0 Å². The number of benzene rings is 1. The summed E-state index contributed by atoms with van der Waals surface area (Å²) in [5.74, 6) is 3.08. The van der Waals surface area contributed by atoms with Crippen LogP contribution in [0.2, 0.25) is 0 Å². The van der Waals surface area contributed by atoms with Gasteiger partial charge in [0.15, 0.2) is 6.61 Å². The molecule has 6 heteroatoms. The lowest BCUT2D eigenvalue weighted by Gasteiger charge is -2.28. The van der Waals surface area contributed by atoms with Gasteiger partial charge < -0.3 is 14.1 Å². The van der Waals surface area contributed by atoms with Crippen molar-refractivity contribution >= 4 is 11.8 Å². The van der Waals surface area contributed by atoms with Gasteiger partial charge in [-0.05, 0) is 57.0 Å². The summed E-state index contributed by atoms with van der Waals surface area (Å²) in [5, 5.41) is 8.80. The predicted octanol–water partition coefficient (Wildman–Crippen LogP) is 3.39. The Hall–Kier alpha value is -1.53. The summed E-state index contributed by atoms with van der Waals surface area (Å²) in [6.45, 7) is 4.72. The van der Waals surface area contributed by atoms with Crippen molar-refractivity contribution < 1.29 is 9.15 Å². The lowest BCUT2D eigenvalue weighted by atomic mass is 10.0. The molecule has 0 radical (unpaired) electrons. The molecule has 1 aromatic heterocycles. The maximum Gasteiger partial charge on any atom is 0.276 e. The highest BCUT2D eigenvalue weighted by Crippen LogP contribution is 2.25. The molecule has 0 N–H and O–H groups in total. The van der Waals surface area contributed by atoms with Crippen molar-refractivity contribution in [2.75, 3.05) is 25.9 Å². The van der Waals surface area contributed by atoms with Gasteiger partial charge in [0.25, 0.3) is 11.1 Å². The van der Waals surface area contributed by atoms with Crippen LogP contribution in [0.5, 0.6) is 5.75 Å². The molecule has 1 saturated heterocycles. The number of rotatable bonds is 6. The summed E-state index contributed by atoms with van der Waals surface area (Å²) in [5.41, 5.74) is 1.17. The number of hydrogen-bond donors (Lipinski definition) is 0. The Bertz CT molecular complexity index is 632. The Morgan fingerprint density at radius 2 is 2.30 bits per heavy atom. The van der Waals surface area contributed by atoms with Crippen molar-refractivity contribution in [3.8, 4) is 5.75 Å². The average Bonchev–Trinajstić information content (AvgIpc) is 2.99. The molecule has 3 rings (SSSR count). The summed E-state index contributed by atoms with van der Waals surface area (Å²) in [6.07, 6.45) is 2.57. The number of aryl methyl sites for hydroxylation is 1. The van der Waals surface area contributed by atoms with Gasteiger partial charge in [0.2, 0.25) is 0 Å². The first-order valence-electron chi connectivity index (χ1n) is 8.02. The molecule has 0 aliphatic carbocycles. The van der Waals surface area contributed by atoms with E-state index in [-0.39, 0.29) is 0 Å². The Morgan fingerprint density at radius 3 is 3.13 bits per heavy atom. The topological polar surface area (TPSA) is 51.4 Å². The van der Waals surface area contributed by atoms with E-state index in [0.29, 0.717) is 23.6 Å². The SMILES string of the molecule is Cc1cccc(OCc2nnc(SC[C@@H]3CCCN(C)C3)o2)c1. The lowest BCUT2D eigenvalue weighted by Crippen LogP contribution is -2.33. The van der Waals surface area contributed by atoms with Crippen molar-refractivity contribution in [1.82, 2.24) is 15.1 Å². The van der Waals surface area contributed by atoms with Crippen LogP contribution in [0.3, 0.4) is 0 Å². The van der Waals surface area contributed by atoms with Crippen LogP contribution in [-0.2, 0) is 6.61 Å².